The monoisotopic (exact) mass is 268 g/mol. The van der Waals surface area contributed by atoms with Crippen molar-refractivity contribution in [1.29, 1.82) is 0 Å². The highest BCUT2D eigenvalue weighted by molar-refractivity contribution is 6.28. The van der Waals surface area contributed by atoms with Crippen molar-refractivity contribution in [1.82, 2.24) is 29.7 Å². The van der Waals surface area contributed by atoms with Crippen molar-refractivity contribution in [2.75, 3.05) is 17.7 Å². The van der Waals surface area contributed by atoms with Gasteiger partial charge in [-0.25, -0.2) is 0 Å². The van der Waals surface area contributed by atoms with E-state index in [0.29, 0.717) is 11.9 Å². The molecule has 9 heteroatoms. The van der Waals surface area contributed by atoms with E-state index in [1.54, 1.807) is 13.4 Å². The molecule has 0 aliphatic rings. The van der Waals surface area contributed by atoms with Gasteiger partial charge in [-0.3, -0.25) is 0 Å². The molecule has 0 amide bonds. The zero-order valence-corrected chi connectivity index (χ0v) is 11.0. The van der Waals surface area contributed by atoms with Crippen molar-refractivity contribution in [3.8, 4) is 0 Å². The van der Waals surface area contributed by atoms with Gasteiger partial charge in [-0.2, -0.15) is 15.0 Å². The highest BCUT2D eigenvalue weighted by Gasteiger charge is 2.13. The summed E-state index contributed by atoms with van der Waals surface area (Å²) in [6, 6.07) is -0.0966. The van der Waals surface area contributed by atoms with Gasteiger partial charge in [0.15, 0.2) is 5.82 Å². The van der Waals surface area contributed by atoms with Crippen molar-refractivity contribution < 1.29 is 0 Å². The maximum absolute atomic E-state index is 5.79. The van der Waals surface area contributed by atoms with Crippen molar-refractivity contribution >= 4 is 23.5 Å². The Balaban J connectivity index is 2.19. The molecule has 0 aliphatic heterocycles. The molecule has 8 nitrogen and oxygen atoms in total. The predicted octanol–water partition coefficient (Wildman–Crippen LogP) is 0.868. The summed E-state index contributed by atoms with van der Waals surface area (Å²) in [5.41, 5.74) is 0. The zero-order chi connectivity index (χ0) is 13.1. The third kappa shape index (κ3) is 2.65. The number of aromatic nitrogens is 6. The molecule has 0 radical (unpaired) electrons. The van der Waals surface area contributed by atoms with Gasteiger partial charge in [-0.05, 0) is 18.5 Å². The van der Waals surface area contributed by atoms with E-state index in [2.05, 4.69) is 35.8 Å². The number of anilines is 2. The van der Waals surface area contributed by atoms with Crippen LogP contribution in [0.3, 0.4) is 0 Å². The lowest BCUT2D eigenvalue weighted by molar-refractivity contribution is 0.712. The largest absolute Gasteiger partial charge is 0.357 e. The summed E-state index contributed by atoms with van der Waals surface area (Å²) in [6.07, 6.45) is 1.63. The van der Waals surface area contributed by atoms with Crippen LogP contribution in [0.15, 0.2) is 6.33 Å². The predicted molar refractivity (Wildman–Crippen MR) is 67.4 cm³/mol. The summed E-state index contributed by atoms with van der Waals surface area (Å²) in [6.45, 7) is 1.93. The highest BCUT2D eigenvalue weighted by Crippen LogP contribution is 2.15. The Morgan fingerprint density at radius 3 is 2.61 bits per heavy atom. The molecule has 1 atom stereocenters. The van der Waals surface area contributed by atoms with E-state index in [9.17, 15) is 0 Å². The molecule has 0 aromatic carbocycles. The van der Waals surface area contributed by atoms with Gasteiger partial charge in [0.25, 0.3) is 0 Å². The van der Waals surface area contributed by atoms with Crippen LogP contribution in [0.2, 0.25) is 5.28 Å². The van der Waals surface area contributed by atoms with Crippen LogP contribution in [0, 0.1) is 0 Å². The topological polar surface area (TPSA) is 93.4 Å². The normalized spacial score (nSPS) is 12.2. The van der Waals surface area contributed by atoms with Crippen LogP contribution in [-0.2, 0) is 7.05 Å². The zero-order valence-electron chi connectivity index (χ0n) is 10.2. The minimum atomic E-state index is -0.0966. The third-order valence-corrected chi connectivity index (χ3v) is 2.48. The maximum atomic E-state index is 5.79. The molecule has 2 rings (SSSR count). The molecule has 2 aromatic heterocycles. The maximum Gasteiger partial charge on any atom is 0.229 e. The summed E-state index contributed by atoms with van der Waals surface area (Å²) in [7, 11) is 3.58. The lowest BCUT2D eigenvalue weighted by atomic mass is 10.3. The van der Waals surface area contributed by atoms with Gasteiger partial charge in [0.05, 0.1) is 6.04 Å². The van der Waals surface area contributed by atoms with Crippen molar-refractivity contribution in [2.24, 2.45) is 7.05 Å². The number of aryl methyl sites for hydroxylation is 1. The third-order valence-electron chi connectivity index (χ3n) is 2.31. The quantitative estimate of drug-likeness (QED) is 0.850. The Hall–Kier alpha value is -1.96. The fraction of sp³-hybridized carbons (Fsp3) is 0.444. The molecule has 0 saturated carbocycles. The van der Waals surface area contributed by atoms with Gasteiger partial charge in [-0.1, -0.05) is 0 Å². The Morgan fingerprint density at radius 1 is 1.28 bits per heavy atom. The van der Waals surface area contributed by atoms with Crippen LogP contribution >= 0.6 is 11.6 Å². The minimum absolute atomic E-state index is 0.0966. The molecule has 2 heterocycles. The van der Waals surface area contributed by atoms with Gasteiger partial charge in [0, 0.05) is 14.1 Å². The van der Waals surface area contributed by atoms with Gasteiger partial charge < -0.3 is 15.2 Å². The van der Waals surface area contributed by atoms with Crippen molar-refractivity contribution in [2.45, 2.75) is 13.0 Å². The average molecular weight is 269 g/mol. The Labute approximate surface area is 109 Å². The first-order valence-corrected chi connectivity index (χ1v) is 5.67. The average Bonchev–Trinajstić information content (AvgIpc) is 2.74. The van der Waals surface area contributed by atoms with Crippen LogP contribution in [0.4, 0.5) is 11.9 Å². The van der Waals surface area contributed by atoms with E-state index in [1.807, 2.05) is 18.5 Å². The Morgan fingerprint density at radius 2 is 2.00 bits per heavy atom. The summed E-state index contributed by atoms with van der Waals surface area (Å²) in [5.74, 6) is 1.56. The number of nitrogens with one attached hydrogen (secondary N) is 2. The van der Waals surface area contributed by atoms with Crippen molar-refractivity contribution in [3.63, 3.8) is 0 Å². The first-order valence-electron chi connectivity index (χ1n) is 5.30. The van der Waals surface area contributed by atoms with Crippen molar-refractivity contribution in [3.05, 3.63) is 17.4 Å². The molecule has 2 N–H and O–H groups in total. The molecule has 0 saturated heterocycles. The molecular weight excluding hydrogens is 256 g/mol. The van der Waals surface area contributed by atoms with E-state index in [-0.39, 0.29) is 11.3 Å². The smallest absolute Gasteiger partial charge is 0.229 e. The second kappa shape index (κ2) is 5.13. The van der Waals surface area contributed by atoms with Crippen LogP contribution in [0.5, 0.6) is 0 Å². The second-order valence-electron chi connectivity index (χ2n) is 3.67. The summed E-state index contributed by atoms with van der Waals surface area (Å²) in [5, 5.41) is 13.8. The van der Waals surface area contributed by atoms with Crippen LogP contribution in [0.25, 0.3) is 0 Å². The summed E-state index contributed by atoms with van der Waals surface area (Å²) in [4.78, 5) is 12.0. The molecule has 0 aliphatic carbocycles. The molecule has 0 fully saturated rings. The second-order valence-corrected chi connectivity index (χ2v) is 4.01. The van der Waals surface area contributed by atoms with E-state index < -0.39 is 0 Å². The molecular formula is C9H13ClN8. The fourth-order valence-electron chi connectivity index (χ4n) is 1.47. The molecule has 1 unspecified atom stereocenters. The molecule has 96 valence electrons. The standard InChI is InChI=1S/C9H13ClN8/c1-5(6-17-12-4-18(6)3)13-9-15-7(10)14-8(11-2)16-9/h4-5H,1-3H3,(H2,11,13,14,15,16). The molecule has 2 aromatic rings. The van der Waals surface area contributed by atoms with Gasteiger partial charge in [0.2, 0.25) is 17.2 Å². The van der Waals surface area contributed by atoms with Gasteiger partial charge >= 0.3 is 0 Å². The Kier molecular flexibility index (Phi) is 3.56. The number of rotatable bonds is 4. The number of halogens is 1. The van der Waals surface area contributed by atoms with E-state index in [4.69, 9.17) is 11.6 Å². The lowest BCUT2D eigenvalue weighted by Crippen LogP contribution is -2.14. The number of hydrogen-bond donors (Lipinski definition) is 2. The van der Waals surface area contributed by atoms with E-state index >= 15 is 0 Å². The van der Waals surface area contributed by atoms with E-state index in [0.717, 1.165) is 5.82 Å². The number of nitrogens with zero attached hydrogens (tertiary/aromatic N) is 6. The Bertz CT molecular complexity index is 539. The van der Waals surface area contributed by atoms with Crippen LogP contribution in [-0.4, -0.2) is 36.8 Å². The molecule has 0 bridgehead atoms. The number of hydrogen-bond acceptors (Lipinski definition) is 7. The summed E-state index contributed by atoms with van der Waals surface area (Å²) >= 11 is 5.79. The molecule has 18 heavy (non-hydrogen) atoms. The first-order chi connectivity index (χ1) is 8.60. The first kappa shape index (κ1) is 12.5. The SMILES string of the molecule is CNc1nc(Cl)nc(NC(C)c2nncn2C)n1. The van der Waals surface area contributed by atoms with Gasteiger partial charge in [0.1, 0.15) is 6.33 Å². The highest BCUT2D eigenvalue weighted by atomic mass is 35.5. The lowest BCUT2D eigenvalue weighted by Gasteiger charge is -2.13. The van der Waals surface area contributed by atoms with E-state index in [1.165, 1.54) is 0 Å². The molecule has 0 spiro atoms. The van der Waals surface area contributed by atoms with Crippen LogP contribution in [0.1, 0.15) is 18.8 Å². The van der Waals surface area contributed by atoms with Gasteiger partial charge in [-0.15, -0.1) is 10.2 Å². The summed E-state index contributed by atoms with van der Waals surface area (Å²) < 4.78 is 1.82. The minimum Gasteiger partial charge on any atom is -0.357 e. The van der Waals surface area contributed by atoms with Crippen LogP contribution < -0.4 is 10.6 Å². The fourth-order valence-corrected chi connectivity index (χ4v) is 1.63.